The molecule has 0 fully saturated rings. The van der Waals surface area contributed by atoms with Crippen molar-refractivity contribution in [3.63, 3.8) is 0 Å². The van der Waals surface area contributed by atoms with Crippen LogP contribution in [0.5, 0.6) is 5.88 Å². The minimum atomic E-state index is -1.06. The van der Waals surface area contributed by atoms with E-state index in [1.807, 2.05) is 48.5 Å². The monoisotopic (exact) mass is 435 g/mol. The highest BCUT2D eigenvalue weighted by Gasteiger charge is 2.43. The molecule has 1 aliphatic rings. The largest absolute Gasteiger partial charge is 0.461 e. The third-order valence-electron chi connectivity index (χ3n) is 5.19. The Bertz CT molecular complexity index is 1150. The van der Waals surface area contributed by atoms with E-state index in [0.717, 1.165) is 27.9 Å². The number of anilines is 1. The van der Waals surface area contributed by atoms with Gasteiger partial charge in [0.2, 0.25) is 11.8 Å². The van der Waals surface area contributed by atoms with E-state index in [-0.39, 0.29) is 11.8 Å². The average Bonchev–Trinajstić information content (AvgIpc) is 3.10. The molecule has 158 valence electrons. The summed E-state index contributed by atoms with van der Waals surface area (Å²) in [6, 6.07) is 16.8. The van der Waals surface area contributed by atoms with Gasteiger partial charge >= 0.3 is 0 Å². The maximum absolute atomic E-state index is 13.0. The Morgan fingerprint density at radius 2 is 1.94 bits per heavy atom. The number of halogens is 1. The van der Waals surface area contributed by atoms with Crippen LogP contribution in [0.3, 0.4) is 0 Å². The van der Waals surface area contributed by atoms with Crippen LogP contribution in [0.1, 0.15) is 25.0 Å². The summed E-state index contributed by atoms with van der Waals surface area (Å²) >= 11 is 6.02. The van der Waals surface area contributed by atoms with E-state index in [4.69, 9.17) is 16.3 Å². The lowest BCUT2D eigenvalue weighted by atomic mass is 9.93. The molecule has 31 heavy (non-hydrogen) atoms. The van der Waals surface area contributed by atoms with Crippen molar-refractivity contribution in [3.05, 3.63) is 76.9 Å². The Labute approximate surface area is 185 Å². The van der Waals surface area contributed by atoms with Gasteiger partial charge in [-0.25, -0.2) is 4.98 Å². The number of carbonyl (C=O) groups excluding carboxylic acids is 2. The Hall–Kier alpha value is -3.38. The van der Waals surface area contributed by atoms with Crippen LogP contribution in [-0.2, 0) is 22.6 Å². The first-order valence-corrected chi connectivity index (χ1v) is 10.3. The van der Waals surface area contributed by atoms with E-state index < -0.39 is 5.60 Å². The molecule has 0 bridgehead atoms. The standard InChI is InChI=1S/C24H22ClN3O3/c1-15(29)28-19-8-6-17(7-9-19)20-10-11-26-22-21(20)13-24(2,31-22)23(30)27-14-16-4-3-5-18(25)12-16/h3-12H,13-14H2,1-2H3,(H,27,30)(H,28,29). The molecule has 4 rings (SSSR count). The van der Waals surface area contributed by atoms with Gasteiger partial charge in [0, 0.05) is 42.4 Å². The molecule has 1 aromatic heterocycles. The predicted octanol–water partition coefficient (Wildman–Crippen LogP) is 4.37. The number of ether oxygens (including phenoxy) is 1. The minimum Gasteiger partial charge on any atom is -0.461 e. The summed E-state index contributed by atoms with van der Waals surface area (Å²) in [5.41, 5.74) is 3.38. The number of fused-ring (bicyclic) bond motifs is 1. The molecule has 0 aliphatic carbocycles. The molecule has 2 heterocycles. The fourth-order valence-corrected chi connectivity index (χ4v) is 3.88. The van der Waals surface area contributed by atoms with Gasteiger partial charge in [0.1, 0.15) is 0 Å². The number of rotatable bonds is 5. The van der Waals surface area contributed by atoms with E-state index in [1.165, 1.54) is 6.92 Å². The average molecular weight is 436 g/mol. The Morgan fingerprint density at radius 3 is 2.65 bits per heavy atom. The summed E-state index contributed by atoms with van der Waals surface area (Å²) in [5, 5.41) is 6.32. The van der Waals surface area contributed by atoms with Crippen molar-refractivity contribution >= 4 is 29.1 Å². The normalized spacial score (nSPS) is 16.9. The number of nitrogens with one attached hydrogen (secondary N) is 2. The number of hydrogen-bond donors (Lipinski definition) is 2. The molecule has 0 radical (unpaired) electrons. The lowest BCUT2D eigenvalue weighted by Gasteiger charge is -2.22. The summed E-state index contributed by atoms with van der Waals surface area (Å²) in [6.45, 7) is 3.60. The number of nitrogens with zero attached hydrogens (tertiary/aromatic N) is 1. The van der Waals surface area contributed by atoms with Crippen LogP contribution >= 0.6 is 11.6 Å². The second-order valence-corrected chi connectivity index (χ2v) is 8.16. The van der Waals surface area contributed by atoms with E-state index in [0.29, 0.717) is 23.9 Å². The molecular formula is C24H22ClN3O3. The molecule has 7 heteroatoms. The van der Waals surface area contributed by atoms with Gasteiger partial charge < -0.3 is 15.4 Å². The highest BCUT2D eigenvalue weighted by Crippen LogP contribution is 2.39. The number of pyridine rings is 1. The lowest BCUT2D eigenvalue weighted by molar-refractivity contribution is -0.134. The van der Waals surface area contributed by atoms with Gasteiger partial charge in [0.25, 0.3) is 5.91 Å². The molecule has 6 nitrogen and oxygen atoms in total. The van der Waals surface area contributed by atoms with Crippen molar-refractivity contribution in [3.8, 4) is 17.0 Å². The molecule has 2 amide bonds. The van der Waals surface area contributed by atoms with Crippen LogP contribution in [0.2, 0.25) is 5.02 Å². The number of amides is 2. The highest BCUT2D eigenvalue weighted by molar-refractivity contribution is 6.30. The van der Waals surface area contributed by atoms with Crippen LogP contribution in [0, 0.1) is 0 Å². The molecule has 2 N–H and O–H groups in total. The fraction of sp³-hybridized carbons (Fsp3) is 0.208. The summed E-state index contributed by atoms with van der Waals surface area (Å²) in [7, 11) is 0. The van der Waals surface area contributed by atoms with Crippen LogP contribution in [-0.4, -0.2) is 22.4 Å². The zero-order valence-corrected chi connectivity index (χ0v) is 18.0. The summed E-state index contributed by atoms with van der Waals surface area (Å²) < 4.78 is 6.00. The first-order chi connectivity index (χ1) is 14.8. The summed E-state index contributed by atoms with van der Waals surface area (Å²) in [5.74, 6) is 0.131. The van der Waals surface area contributed by atoms with Crippen molar-refractivity contribution in [1.29, 1.82) is 0 Å². The third kappa shape index (κ3) is 4.54. The van der Waals surface area contributed by atoms with Crippen molar-refractivity contribution in [2.24, 2.45) is 0 Å². The number of aromatic nitrogens is 1. The fourth-order valence-electron chi connectivity index (χ4n) is 3.67. The quantitative estimate of drug-likeness (QED) is 0.623. The molecule has 1 unspecified atom stereocenters. The van der Waals surface area contributed by atoms with E-state index >= 15 is 0 Å². The second kappa shape index (κ2) is 8.40. The summed E-state index contributed by atoms with van der Waals surface area (Å²) in [4.78, 5) is 28.5. The van der Waals surface area contributed by atoms with Gasteiger partial charge in [-0.1, -0.05) is 35.9 Å². The second-order valence-electron chi connectivity index (χ2n) is 7.72. The number of hydrogen-bond acceptors (Lipinski definition) is 4. The Morgan fingerprint density at radius 1 is 1.16 bits per heavy atom. The van der Waals surface area contributed by atoms with Crippen LogP contribution in [0.25, 0.3) is 11.1 Å². The van der Waals surface area contributed by atoms with Crippen molar-refractivity contribution < 1.29 is 14.3 Å². The SMILES string of the molecule is CC(=O)Nc1ccc(-c2ccnc3c2CC(C)(C(=O)NCc2cccc(Cl)c2)O3)cc1. The zero-order chi connectivity index (χ0) is 22.0. The first-order valence-electron chi connectivity index (χ1n) is 9.92. The van der Waals surface area contributed by atoms with Crippen LogP contribution in [0.4, 0.5) is 5.69 Å². The predicted molar refractivity (Wildman–Crippen MR) is 120 cm³/mol. The minimum absolute atomic E-state index is 0.120. The topological polar surface area (TPSA) is 80.3 Å². The van der Waals surface area contributed by atoms with Gasteiger partial charge in [-0.15, -0.1) is 0 Å². The van der Waals surface area contributed by atoms with Crippen LogP contribution in [0.15, 0.2) is 60.8 Å². The molecule has 3 aromatic rings. The maximum Gasteiger partial charge on any atom is 0.264 e. The number of carbonyl (C=O) groups is 2. The molecule has 1 atom stereocenters. The van der Waals surface area contributed by atoms with E-state index in [2.05, 4.69) is 15.6 Å². The Kier molecular flexibility index (Phi) is 5.65. The molecule has 0 saturated heterocycles. The number of benzene rings is 2. The van der Waals surface area contributed by atoms with Gasteiger partial charge in [-0.2, -0.15) is 0 Å². The first kappa shape index (κ1) is 20.9. The van der Waals surface area contributed by atoms with Crippen molar-refractivity contribution in [2.45, 2.75) is 32.4 Å². The molecular weight excluding hydrogens is 414 g/mol. The van der Waals surface area contributed by atoms with Gasteiger partial charge in [0.05, 0.1) is 0 Å². The molecule has 2 aromatic carbocycles. The summed E-state index contributed by atoms with van der Waals surface area (Å²) in [6.07, 6.45) is 2.08. The zero-order valence-electron chi connectivity index (χ0n) is 17.2. The maximum atomic E-state index is 13.0. The Balaban J connectivity index is 1.51. The third-order valence-corrected chi connectivity index (χ3v) is 5.43. The van der Waals surface area contributed by atoms with Crippen molar-refractivity contribution in [2.75, 3.05) is 5.32 Å². The van der Waals surface area contributed by atoms with Crippen LogP contribution < -0.4 is 15.4 Å². The molecule has 1 aliphatic heterocycles. The molecule has 0 spiro atoms. The van der Waals surface area contributed by atoms with Gasteiger partial charge in [-0.3, -0.25) is 9.59 Å². The van der Waals surface area contributed by atoms with Gasteiger partial charge in [-0.05, 0) is 53.9 Å². The van der Waals surface area contributed by atoms with E-state index in [9.17, 15) is 9.59 Å². The smallest absolute Gasteiger partial charge is 0.264 e. The molecule has 0 saturated carbocycles. The highest BCUT2D eigenvalue weighted by atomic mass is 35.5. The van der Waals surface area contributed by atoms with E-state index in [1.54, 1.807) is 19.2 Å². The lowest BCUT2D eigenvalue weighted by Crippen LogP contribution is -2.47. The van der Waals surface area contributed by atoms with Gasteiger partial charge in [0.15, 0.2) is 5.60 Å². The van der Waals surface area contributed by atoms with Crippen molar-refractivity contribution in [1.82, 2.24) is 10.3 Å².